The number of carbonyl (C=O) groups is 1. The van der Waals surface area contributed by atoms with Gasteiger partial charge < -0.3 is 9.80 Å². The number of hydrogen-bond acceptors (Lipinski definition) is 5. The maximum Gasteiger partial charge on any atom is 0.186 e. The summed E-state index contributed by atoms with van der Waals surface area (Å²) in [5.74, 6) is 0. The molecule has 2 heterocycles. The topological polar surface area (TPSA) is 36.4 Å². The lowest BCUT2D eigenvalue weighted by molar-refractivity contribution is 0.112. The molecule has 4 nitrogen and oxygen atoms in total. The highest BCUT2D eigenvalue weighted by Crippen LogP contribution is 2.29. The predicted octanol–water partition coefficient (Wildman–Crippen LogP) is 2.83. The Morgan fingerprint density at radius 3 is 2.65 bits per heavy atom. The number of aromatic nitrogens is 1. The summed E-state index contributed by atoms with van der Waals surface area (Å²) in [6.45, 7) is 7.82. The number of likely N-dealkylation sites (tertiary alicyclic amines) is 1. The second-order valence-corrected chi connectivity index (χ2v) is 6.46. The van der Waals surface area contributed by atoms with Gasteiger partial charge in [-0.15, -0.1) is 0 Å². The van der Waals surface area contributed by atoms with Crippen molar-refractivity contribution in [2.24, 2.45) is 0 Å². The Morgan fingerprint density at radius 1 is 1.40 bits per heavy atom. The molecule has 0 N–H and O–H groups in total. The molecule has 0 spiro atoms. The Labute approximate surface area is 125 Å². The maximum atomic E-state index is 11.1. The minimum atomic E-state index is 0.554. The molecule has 0 aromatic carbocycles. The lowest BCUT2D eigenvalue weighted by atomic mass is 10.0. The molecule has 0 saturated carbocycles. The van der Waals surface area contributed by atoms with Gasteiger partial charge in [0, 0.05) is 26.2 Å². The molecule has 1 aromatic rings. The van der Waals surface area contributed by atoms with Crippen molar-refractivity contribution in [3.05, 3.63) is 10.6 Å². The molecule has 0 bridgehead atoms. The van der Waals surface area contributed by atoms with Crippen LogP contribution in [0.15, 0.2) is 0 Å². The van der Waals surface area contributed by atoms with E-state index in [-0.39, 0.29) is 0 Å². The fourth-order valence-corrected chi connectivity index (χ4v) is 3.75. The van der Waals surface area contributed by atoms with Gasteiger partial charge in [0.1, 0.15) is 0 Å². The first kappa shape index (κ1) is 15.4. The molecular weight excluding hydrogens is 270 g/mol. The Hall–Kier alpha value is -0.940. The van der Waals surface area contributed by atoms with Gasteiger partial charge in [-0.3, -0.25) is 4.79 Å². The van der Waals surface area contributed by atoms with E-state index in [0.29, 0.717) is 6.04 Å². The summed E-state index contributed by atoms with van der Waals surface area (Å²) in [5, 5.41) is 1.01. The monoisotopic (exact) mass is 295 g/mol. The summed E-state index contributed by atoms with van der Waals surface area (Å²) in [5.41, 5.74) is 0.973. The highest BCUT2D eigenvalue weighted by molar-refractivity contribution is 7.17. The molecule has 0 amide bonds. The van der Waals surface area contributed by atoms with E-state index in [1.165, 1.54) is 25.9 Å². The first-order chi connectivity index (χ1) is 9.69. The largest absolute Gasteiger partial charge is 0.348 e. The van der Waals surface area contributed by atoms with E-state index in [2.05, 4.69) is 35.7 Å². The fourth-order valence-electron chi connectivity index (χ4n) is 2.79. The number of carbonyl (C=O) groups excluding carboxylic acids is 1. The summed E-state index contributed by atoms with van der Waals surface area (Å²) in [6, 6.07) is 0.554. The smallest absolute Gasteiger partial charge is 0.186 e. The number of aldehydes is 1. The SMILES string of the molecule is CCCc1nc(N(C)C2CCN(CC)CC2)sc1C=O. The molecule has 1 aliphatic heterocycles. The van der Waals surface area contributed by atoms with Gasteiger partial charge in [-0.05, 0) is 25.8 Å². The third kappa shape index (κ3) is 3.38. The standard InChI is InChI=1S/C15H25N3OS/c1-4-6-13-14(11-19)20-15(16-13)17(3)12-7-9-18(5-2)10-8-12/h11-12H,4-10H2,1-3H3. The number of anilines is 1. The first-order valence-corrected chi connectivity index (χ1v) is 8.41. The van der Waals surface area contributed by atoms with E-state index in [9.17, 15) is 4.79 Å². The minimum absolute atomic E-state index is 0.554. The van der Waals surface area contributed by atoms with Crippen molar-refractivity contribution in [1.29, 1.82) is 0 Å². The molecule has 1 aromatic heterocycles. The highest BCUT2D eigenvalue weighted by Gasteiger charge is 2.24. The third-order valence-electron chi connectivity index (χ3n) is 4.16. The Balaban J connectivity index is 2.05. The summed E-state index contributed by atoms with van der Waals surface area (Å²) < 4.78 is 0. The Bertz CT molecular complexity index is 438. The number of aryl methyl sites for hydroxylation is 1. The van der Waals surface area contributed by atoms with Gasteiger partial charge in [0.25, 0.3) is 0 Å². The molecule has 2 rings (SSSR count). The van der Waals surface area contributed by atoms with Gasteiger partial charge in [0.05, 0.1) is 10.6 Å². The number of hydrogen-bond donors (Lipinski definition) is 0. The summed E-state index contributed by atoms with van der Waals surface area (Å²) in [6.07, 6.45) is 5.25. The zero-order valence-electron chi connectivity index (χ0n) is 12.8. The molecular formula is C15H25N3OS. The van der Waals surface area contributed by atoms with Crippen LogP contribution in [0.2, 0.25) is 0 Å². The fraction of sp³-hybridized carbons (Fsp3) is 0.733. The third-order valence-corrected chi connectivity index (χ3v) is 5.28. The predicted molar refractivity (Wildman–Crippen MR) is 85.0 cm³/mol. The van der Waals surface area contributed by atoms with Crippen LogP contribution in [-0.4, -0.2) is 48.9 Å². The molecule has 1 saturated heterocycles. The lowest BCUT2D eigenvalue weighted by Crippen LogP contribution is -2.43. The van der Waals surface area contributed by atoms with Gasteiger partial charge >= 0.3 is 0 Å². The lowest BCUT2D eigenvalue weighted by Gasteiger charge is -2.36. The van der Waals surface area contributed by atoms with Crippen molar-refractivity contribution in [1.82, 2.24) is 9.88 Å². The molecule has 0 radical (unpaired) electrons. The number of nitrogens with zero attached hydrogens (tertiary/aromatic N) is 3. The maximum absolute atomic E-state index is 11.1. The van der Waals surface area contributed by atoms with Gasteiger partial charge in [0.2, 0.25) is 0 Å². The van der Waals surface area contributed by atoms with E-state index < -0.39 is 0 Å². The van der Waals surface area contributed by atoms with Crippen molar-refractivity contribution in [3.63, 3.8) is 0 Å². The van der Waals surface area contributed by atoms with Crippen LogP contribution in [-0.2, 0) is 6.42 Å². The van der Waals surface area contributed by atoms with E-state index in [1.807, 2.05) is 0 Å². The summed E-state index contributed by atoms with van der Waals surface area (Å²) in [7, 11) is 2.12. The molecule has 0 unspecified atom stereocenters. The van der Waals surface area contributed by atoms with E-state index in [1.54, 1.807) is 11.3 Å². The zero-order valence-corrected chi connectivity index (χ0v) is 13.6. The molecule has 0 atom stereocenters. The number of thiazole rings is 1. The number of piperidine rings is 1. The zero-order chi connectivity index (χ0) is 14.5. The molecule has 1 aliphatic rings. The van der Waals surface area contributed by atoms with Crippen LogP contribution < -0.4 is 4.90 Å². The Kier molecular flexibility index (Phi) is 5.54. The average Bonchev–Trinajstić information content (AvgIpc) is 2.90. The van der Waals surface area contributed by atoms with Gasteiger partial charge in [0.15, 0.2) is 11.4 Å². The van der Waals surface area contributed by atoms with E-state index >= 15 is 0 Å². The van der Waals surface area contributed by atoms with Gasteiger partial charge in [-0.2, -0.15) is 0 Å². The van der Waals surface area contributed by atoms with Crippen LogP contribution in [0.25, 0.3) is 0 Å². The molecule has 0 aliphatic carbocycles. The van der Waals surface area contributed by atoms with Crippen LogP contribution in [0.5, 0.6) is 0 Å². The second-order valence-electron chi connectivity index (χ2n) is 5.45. The van der Waals surface area contributed by atoms with E-state index in [4.69, 9.17) is 0 Å². The summed E-state index contributed by atoms with van der Waals surface area (Å²) in [4.78, 5) is 21.4. The molecule has 20 heavy (non-hydrogen) atoms. The van der Waals surface area contributed by atoms with Crippen LogP contribution >= 0.6 is 11.3 Å². The van der Waals surface area contributed by atoms with Crippen molar-refractivity contribution in [2.45, 2.75) is 45.6 Å². The van der Waals surface area contributed by atoms with Crippen LogP contribution in [0, 0.1) is 0 Å². The number of rotatable bonds is 6. The Morgan fingerprint density at radius 2 is 2.10 bits per heavy atom. The van der Waals surface area contributed by atoms with Crippen molar-refractivity contribution >= 4 is 22.8 Å². The molecule has 112 valence electrons. The van der Waals surface area contributed by atoms with Crippen LogP contribution in [0.4, 0.5) is 5.13 Å². The molecule has 5 heteroatoms. The highest BCUT2D eigenvalue weighted by atomic mass is 32.1. The van der Waals surface area contributed by atoms with Crippen LogP contribution in [0.3, 0.4) is 0 Å². The van der Waals surface area contributed by atoms with Crippen molar-refractivity contribution in [2.75, 3.05) is 31.6 Å². The second kappa shape index (κ2) is 7.18. The summed E-state index contributed by atoms with van der Waals surface area (Å²) >= 11 is 1.54. The van der Waals surface area contributed by atoms with Gasteiger partial charge in [-0.1, -0.05) is 31.6 Å². The average molecular weight is 295 g/mol. The van der Waals surface area contributed by atoms with E-state index in [0.717, 1.165) is 41.4 Å². The van der Waals surface area contributed by atoms with Crippen molar-refractivity contribution in [3.8, 4) is 0 Å². The van der Waals surface area contributed by atoms with Crippen LogP contribution in [0.1, 0.15) is 48.5 Å². The minimum Gasteiger partial charge on any atom is -0.348 e. The van der Waals surface area contributed by atoms with Crippen molar-refractivity contribution < 1.29 is 4.79 Å². The molecule has 1 fully saturated rings. The first-order valence-electron chi connectivity index (χ1n) is 7.59. The quantitative estimate of drug-likeness (QED) is 0.756. The van der Waals surface area contributed by atoms with Gasteiger partial charge in [-0.25, -0.2) is 4.98 Å². The normalized spacial score (nSPS) is 17.4.